The fourth-order valence-corrected chi connectivity index (χ4v) is 3.93. The van der Waals surface area contributed by atoms with E-state index in [9.17, 15) is 44.3 Å². The highest BCUT2D eigenvalue weighted by Gasteiger charge is 2.52. The lowest BCUT2D eigenvalue weighted by Gasteiger charge is -2.23. The Morgan fingerprint density at radius 3 is 1.89 bits per heavy atom. The third kappa shape index (κ3) is 5.54. The quantitative estimate of drug-likeness (QED) is 0.525. The van der Waals surface area contributed by atoms with Crippen LogP contribution in [-0.4, -0.2) is 24.2 Å². The van der Waals surface area contributed by atoms with Gasteiger partial charge in [0.2, 0.25) is 5.91 Å². The van der Waals surface area contributed by atoms with Gasteiger partial charge in [0, 0.05) is 11.6 Å². The van der Waals surface area contributed by atoms with Crippen LogP contribution in [0.15, 0.2) is 36.4 Å². The van der Waals surface area contributed by atoms with Crippen LogP contribution in [0.2, 0.25) is 0 Å². The molecule has 1 heterocycles. The number of anilines is 1. The number of hydrogen-bond acceptors (Lipinski definition) is 4. The van der Waals surface area contributed by atoms with Gasteiger partial charge in [-0.15, -0.1) is 0 Å². The zero-order valence-electron chi connectivity index (χ0n) is 17.6. The first kappa shape index (κ1) is 26.8. The highest BCUT2D eigenvalue weighted by molar-refractivity contribution is 5.95. The van der Waals surface area contributed by atoms with Crippen LogP contribution < -0.4 is 10.6 Å². The highest BCUT2D eigenvalue weighted by atomic mass is 19.4. The molecule has 0 radical (unpaired) electrons. The van der Waals surface area contributed by atoms with Gasteiger partial charge < -0.3 is 5.32 Å². The summed E-state index contributed by atoms with van der Waals surface area (Å²) in [4.78, 5) is 12.6. The van der Waals surface area contributed by atoms with Gasteiger partial charge in [0.15, 0.2) is 0 Å². The lowest BCUT2D eigenvalue weighted by molar-refractivity contribution is -0.156. The zero-order valence-corrected chi connectivity index (χ0v) is 17.6. The molecule has 0 spiro atoms. The first-order valence-electron chi connectivity index (χ1n) is 9.92. The smallest absolute Gasteiger partial charge is 0.325 e. The van der Waals surface area contributed by atoms with E-state index < -0.39 is 82.4 Å². The van der Waals surface area contributed by atoms with Gasteiger partial charge in [-0.25, -0.2) is 0 Å². The Morgan fingerprint density at radius 1 is 0.861 bits per heavy atom. The first-order chi connectivity index (χ1) is 16.6. The van der Waals surface area contributed by atoms with Gasteiger partial charge in [0.05, 0.1) is 40.4 Å². The minimum Gasteiger partial charge on any atom is -0.325 e. The number of alkyl halides is 9. The largest absolute Gasteiger partial charge is 0.417 e. The lowest BCUT2D eigenvalue weighted by atomic mass is 9.88. The predicted octanol–water partition coefficient (Wildman–Crippen LogP) is 5.48. The topological polar surface area (TPSA) is 88.7 Å². The number of rotatable bonds is 3. The number of benzene rings is 2. The summed E-state index contributed by atoms with van der Waals surface area (Å²) in [5, 5.41) is 21.8. The van der Waals surface area contributed by atoms with Crippen LogP contribution >= 0.6 is 0 Å². The Balaban J connectivity index is 1.91. The average Bonchev–Trinajstić information content (AvgIpc) is 3.24. The van der Waals surface area contributed by atoms with Crippen LogP contribution in [0, 0.1) is 22.7 Å². The van der Waals surface area contributed by atoms with E-state index in [0.717, 1.165) is 24.3 Å². The maximum Gasteiger partial charge on any atom is 0.417 e. The summed E-state index contributed by atoms with van der Waals surface area (Å²) in [6, 6.07) is 2.82. The Labute approximate surface area is 197 Å². The fraction of sp³-hybridized carbons (Fsp3) is 0.318. The van der Waals surface area contributed by atoms with Crippen molar-refractivity contribution in [2.75, 3.05) is 5.32 Å². The van der Waals surface area contributed by atoms with E-state index in [4.69, 9.17) is 10.5 Å². The summed E-state index contributed by atoms with van der Waals surface area (Å²) in [6.45, 7) is 0. The van der Waals surface area contributed by atoms with Crippen LogP contribution in [0.25, 0.3) is 0 Å². The summed E-state index contributed by atoms with van der Waals surface area (Å²) in [5.41, 5.74) is -5.21. The van der Waals surface area contributed by atoms with E-state index in [1.54, 1.807) is 0 Å². The van der Waals surface area contributed by atoms with Crippen molar-refractivity contribution in [1.82, 2.24) is 5.32 Å². The van der Waals surface area contributed by atoms with Crippen LogP contribution in [0.5, 0.6) is 0 Å². The minimum absolute atomic E-state index is 0.417. The molecule has 2 aromatic rings. The van der Waals surface area contributed by atoms with Gasteiger partial charge in [-0.1, -0.05) is 6.07 Å². The second-order valence-corrected chi connectivity index (χ2v) is 7.85. The van der Waals surface area contributed by atoms with Crippen molar-refractivity contribution in [2.45, 2.75) is 43.0 Å². The number of nitrogens with one attached hydrogen (secondary N) is 2. The summed E-state index contributed by atoms with van der Waals surface area (Å²) in [6.07, 6.45) is -15.6. The highest BCUT2D eigenvalue weighted by Crippen LogP contribution is 2.42. The Bertz CT molecular complexity index is 1250. The molecule has 14 heteroatoms. The second-order valence-electron chi connectivity index (χ2n) is 7.85. The molecule has 1 fully saturated rings. The monoisotopic (exact) mass is 520 g/mol. The van der Waals surface area contributed by atoms with Crippen molar-refractivity contribution in [3.05, 3.63) is 64.2 Å². The summed E-state index contributed by atoms with van der Waals surface area (Å²) in [5.74, 6) is -2.82. The van der Waals surface area contributed by atoms with Gasteiger partial charge in [0.25, 0.3) is 0 Å². The Morgan fingerprint density at radius 2 is 1.39 bits per heavy atom. The van der Waals surface area contributed by atoms with E-state index in [2.05, 4.69) is 0 Å². The number of carbonyl (C=O) groups is 1. The predicted molar refractivity (Wildman–Crippen MR) is 105 cm³/mol. The van der Waals surface area contributed by atoms with Crippen LogP contribution in [0.4, 0.5) is 45.2 Å². The first-order valence-corrected chi connectivity index (χ1v) is 9.92. The maximum atomic E-state index is 13.7. The molecule has 190 valence electrons. The molecule has 1 aliphatic heterocycles. The Kier molecular flexibility index (Phi) is 6.97. The van der Waals surface area contributed by atoms with Gasteiger partial charge in [0.1, 0.15) is 6.04 Å². The number of nitrogens with zero attached hydrogens (tertiary/aromatic N) is 2. The third-order valence-electron chi connectivity index (χ3n) is 5.55. The molecule has 3 rings (SSSR count). The lowest BCUT2D eigenvalue weighted by Crippen LogP contribution is -2.46. The summed E-state index contributed by atoms with van der Waals surface area (Å²) >= 11 is 0. The Hall–Kier alpha value is -3.78. The van der Waals surface area contributed by atoms with Crippen molar-refractivity contribution in [3.8, 4) is 12.1 Å². The zero-order chi connectivity index (χ0) is 27.1. The molecule has 0 saturated carbocycles. The molecule has 0 aromatic heterocycles. The van der Waals surface area contributed by atoms with Crippen molar-refractivity contribution in [1.29, 1.82) is 10.5 Å². The fourth-order valence-electron chi connectivity index (χ4n) is 3.93. The van der Waals surface area contributed by atoms with Gasteiger partial charge in [-0.05, 0) is 42.3 Å². The van der Waals surface area contributed by atoms with E-state index >= 15 is 0 Å². The van der Waals surface area contributed by atoms with Gasteiger partial charge >= 0.3 is 18.5 Å². The molecule has 0 bridgehead atoms. The van der Waals surface area contributed by atoms with Crippen molar-refractivity contribution in [2.24, 2.45) is 0 Å². The number of halogens is 9. The average molecular weight is 520 g/mol. The molecular weight excluding hydrogens is 507 g/mol. The molecule has 1 saturated heterocycles. The van der Waals surface area contributed by atoms with Crippen molar-refractivity contribution in [3.63, 3.8) is 0 Å². The summed E-state index contributed by atoms with van der Waals surface area (Å²) in [7, 11) is 0. The van der Waals surface area contributed by atoms with Crippen molar-refractivity contribution < 1.29 is 44.3 Å². The minimum atomic E-state index is -5.02. The molecule has 3 atom stereocenters. The molecule has 0 aliphatic carbocycles. The molecule has 5 nitrogen and oxygen atoms in total. The SMILES string of the molecule is N#Cc1ccc(NC(=O)C2CC(c3ccc(C#N)c(C(F)(F)F)c3)C(C(F)(F)F)N2)cc1C(F)(F)F. The van der Waals surface area contributed by atoms with E-state index in [0.29, 0.717) is 12.1 Å². The molecule has 1 aliphatic rings. The van der Waals surface area contributed by atoms with E-state index in [1.807, 2.05) is 10.6 Å². The van der Waals surface area contributed by atoms with Crippen molar-refractivity contribution >= 4 is 11.6 Å². The molecule has 3 unspecified atom stereocenters. The number of carbonyl (C=O) groups excluding carboxylic acids is 1. The standard InChI is InChI=1S/C22H13F9N4O/c23-20(24,25)15-5-10(1-2-11(15)8-32)14-7-17(35-18(14)22(29,30)31)19(36)34-13-4-3-12(9-33)16(6-13)21(26,27)28/h1-6,14,17-18,35H,7H2,(H,34,36). The number of amides is 1. The van der Waals surface area contributed by atoms with Gasteiger partial charge in [-0.2, -0.15) is 50.0 Å². The molecule has 2 N–H and O–H groups in total. The normalized spacial score (nSPS) is 20.5. The molecule has 1 amide bonds. The summed E-state index contributed by atoms with van der Waals surface area (Å²) < 4.78 is 120. The maximum absolute atomic E-state index is 13.7. The molecule has 36 heavy (non-hydrogen) atoms. The van der Waals surface area contributed by atoms with Crippen LogP contribution in [0.3, 0.4) is 0 Å². The second kappa shape index (κ2) is 9.35. The van der Waals surface area contributed by atoms with E-state index in [-0.39, 0.29) is 0 Å². The number of hydrogen-bond donors (Lipinski definition) is 2. The molecular formula is C22H13F9N4O. The number of nitriles is 2. The molecule has 2 aromatic carbocycles. The van der Waals surface area contributed by atoms with Crippen LogP contribution in [-0.2, 0) is 17.1 Å². The van der Waals surface area contributed by atoms with Gasteiger partial charge in [-0.3, -0.25) is 10.1 Å². The van der Waals surface area contributed by atoms with E-state index in [1.165, 1.54) is 12.1 Å². The third-order valence-corrected chi connectivity index (χ3v) is 5.55. The van der Waals surface area contributed by atoms with Crippen LogP contribution in [0.1, 0.15) is 40.2 Å².